The highest BCUT2D eigenvalue weighted by atomic mass is 16.5. The highest BCUT2D eigenvalue weighted by Crippen LogP contribution is 2.24. The fourth-order valence-electron chi connectivity index (χ4n) is 3.74. The molecule has 0 radical (unpaired) electrons. The zero-order valence-corrected chi connectivity index (χ0v) is 14.9. The molecule has 2 saturated heterocycles. The topological polar surface area (TPSA) is 36.0 Å². The van der Waals surface area contributed by atoms with Gasteiger partial charge in [-0.3, -0.25) is 0 Å². The molecule has 0 spiro atoms. The van der Waals surface area contributed by atoms with E-state index < -0.39 is 0 Å². The van der Waals surface area contributed by atoms with Crippen LogP contribution in [0.1, 0.15) is 26.2 Å². The smallest absolute Gasteiger partial charge is 0.320 e. The summed E-state index contributed by atoms with van der Waals surface area (Å²) in [6, 6.07) is 8.39. The third-order valence-corrected chi connectivity index (χ3v) is 5.34. The fraction of sp³-hybridized carbons (Fsp3) is 0.632. The van der Waals surface area contributed by atoms with Crippen LogP contribution in [-0.4, -0.2) is 62.2 Å². The van der Waals surface area contributed by atoms with Crippen molar-refractivity contribution in [1.29, 1.82) is 0 Å². The Kier molecular flexibility index (Phi) is 5.48. The van der Waals surface area contributed by atoms with E-state index in [-0.39, 0.29) is 6.03 Å². The van der Waals surface area contributed by atoms with Gasteiger partial charge in [0.05, 0.1) is 7.11 Å². The molecule has 132 valence electrons. The van der Waals surface area contributed by atoms with Gasteiger partial charge in [-0.25, -0.2) is 4.79 Å². The molecule has 0 aliphatic carbocycles. The van der Waals surface area contributed by atoms with Gasteiger partial charge < -0.3 is 19.4 Å². The lowest BCUT2D eigenvalue weighted by atomic mass is 9.96. The van der Waals surface area contributed by atoms with Gasteiger partial charge in [-0.2, -0.15) is 0 Å². The van der Waals surface area contributed by atoms with Crippen molar-refractivity contribution in [3.05, 3.63) is 24.3 Å². The fourth-order valence-corrected chi connectivity index (χ4v) is 3.74. The van der Waals surface area contributed by atoms with E-state index in [0.29, 0.717) is 5.92 Å². The maximum absolute atomic E-state index is 12.8. The second-order valence-electron chi connectivity index (χ2n) is 6.82. The lowest BCUT2D eigenvalue weighted by Gasteiger charge is -2.40. The summed E-state index contributed by atoms with van der Waals surface area (Å²) in [6.07, 6.45) is 3.59. The predicted octanol–water partition coefficient (Wildman–Crippen LogP) is 3.06. The number of ether oxygens (including phenoxy) is 1. The van der Waals surface area contributed by atoms with Crippen molar-refractivity contribution in [1.82, 2.24) is 9.80 Å². The molecule has 5 heteroatoms. The highest BCUT2D eigenvalue weighted by Gasteiger charge is 2.28. The second-order valence-corrected chi connectivity index (χ2v) is 6.82. The summed E-state index contributed by atoms with van der Waals surface area (Å²) >= 11 is 0. The number of nitrogens with zero attached hydrogens (tertiary/aromatic N) is 3. The quantitative estimate of drug-likeness (QED) is 0.854. The number of carbonyl (C=O) groups excluding carboxylic acids is 1. The number of hydrogen-bond donors (Lipinski definition) is 0. The van der Waals surface area contributed by atoms with Crippen LogP contribution in [0, 0.1) is 5.92 Å². The first-order chi connectivity index (χ1) is 11.7. The number of carbonyl (C=O) groups is 1. The Hall–Kier alpha value is -1.91. The van der Waals surface area contributed by atoms with Gasteiger partial charge in [0.25, 0.3) is 0 Å². The Balaban J connectivity index is 1.55. The van der Waals surface area contributed by atoms with Crippen LogP contribution in [0.5, 0.6) is 5.75 Å². The number of anilines is 1. The average Bonchev–Trinajstić information content (AvgIpc) is 2.67. The number of amides is 2. The molecule has 0 bridgehead atoms. The zero-order valence-electron chi connectivity index (χ0n) is 14.9. The summed E-state index contributed by atoms with van der Waals surface area (Å²) in [5.41, 5.74) is 1.17. The van der Waals surface area contributed by atoms with Crippen LogP contribution in [0.25, 0.3) is 0 Å². The number of piperidine rings is 1. The first-order valence-electron chi connectivity index (χ1n) is 9.14. The standard InChI is InChI=1S/C19H29N3O2/c1-3-16-6-5-9-22(15-16)19(23)21-12-10-20(11-13-21)17-7-4-8-18(14-17)24-2/h4,7-8,14,16H,3,5-6,9-13,15H2,1-2H3. The number of likely N-dealkylation sites (tertiary alicyclic amines) is 1. The van der Waals surface area contributed by atoms with Crippen molar-refractivity contribution in [3.8, 4) is 5.75 Å². The summed E-state index contributed by atoms with van der Waals surface area (Å²) in [4.78, 5) is 19.2. The van der Waals surface area contributed by atoms with E-state index in [1.807, 2.05) is 17.0 Å². The normalized spacial score (nSPS) is 21.8. The minimum Gasteiger partial charge on any atom is -0.497 e. The van der Waals surface area contributed by atoms with E-state index in [9.17, 15) is 4.79 Å². The monoisotopic (exact) mass is 331 g/mol. The molecule has 0 N–H and O–H groups in total. The Bertz CT molecular complexity index is 555. The van der Waals surface area contributed by atoms with Gasteiger partial charge in [-0.05, 0) is 30.9 Å². The summed E-state index contributed by atoms with van der Waals surface area (Å²) in [7, 11) is 1.69. The molecule has 0 saturated carbocycles. The number of urea groups is 1. The molecule has 2 amide bonds. The van der Waals surface area contributed by atoms with Gasteiger partial charge in [0, 0.05) is 51.0 Å². The molecule has 2 aliphatic rings. The molecule has 3 rings (SSSR count). The zero-order chi connectivity index (χ0) is 16.9. The van der Waals surface area contributed by atoms with Gasteiger partial charge >= 0.3 is 6.03 Å². The minimum atomic E-state index is 0.235. The molecular formula is C19H29N3O2. The van der Waals surface area contributed by atoms with Crippen LogP contribution in [-0.2, 0) is 0 Å². The van der Waals surface area contributed by atoms with Crippen molar-refractivity contribution < 1.29 is 9.53 Å². The predicted molar refractivity (Wildman–Crippen MR) is 96.8 cm³/mol. The van der Waals surface area contributed by atoms with Gasteiger partial charge in [-0.1, -0.05) is 19.4 Å². The van der Waals surface area contributed by atoms with Crippen molar-refractivity contribution >= 4 is 11.7 Å². The van der Waals surface area contributed by atoms with E-state index in [4.69, 9.17) is 4.74 Å². The number of methoxy groups -OCH3 is 1. The highest BCUT2D eigenvalue weighted by molar-refractivity contribution is 5.75. The molecule has 1 aromatic rings. The summed E-state index contributed by atoms with van der Waals surface area (Å²) < 4.78 is 5.31. The van der Waals surface area contributed by atoms with E-state index in [1.54, 1.807) is 7.11 Å². The molecular weight excluding hydrogens is 302 g/mol. The van der Waals surface area contributed by atoms with E-state index >= 15 is 0 Å². The molecule has 5 nitrogen and oxygen atoms in total. The van der Waals surface area contributed by atoms with Gasteiger partial charge in [0.15, 0.2) is 0 Å². The first kappa shape index (κ1) is 16.9. The van der Waals surface area contributed by atoms with Gasteiger partial charge in [0.2, 0.25) is 0 Å². The van der Waals surface area contributed by atoms with Crippen LogP contribution in [0.3, 0.4) is 0 Å². The van der Waals surface area contributed by atoms with Crippen LogP contribution < -0.4 is 9.64 Å². The number of rotatable bonds is 3. The SMILES string of the molecule is CCC1CCCN(C(=O)N2CCN(c3cccc(OC)c3)CC2)C1. The van der Waals surface area contributed by atoms with Crippen molar-refractivity contribution in [2.45, 2.75) is 26.2 Å². The number of piperazine rings is 1. The van der Waals surface area contributed by atoms with Gasteiger partial charge in [-0.15, -0.1) is 0 Å². The second kappa shape index (κ2) is 7.77. The third kappa shape index (κ3) is 3.77. The van der Waals surface area contributed by atoms with Crippen LogP contribution in [0.4, 0.5) is 10.5 Å². The Labute approximate surface area is 145 Å². The van der Waals surface area contributed by atoms with Crippen LogP contribution in [0.2, 0.25) is 0 Å². The van der Waals surface area contributed by atoms with Crippen molar-refractivity contribution in [3.63, 3.8) is 0 Å². The van der Waals surface area contributed by atoms with Gasteiger partial charge in [0.1, 0.15) is 5.75 Å². The molecule has 1 atom stereocenters. The summed E-state index contributed by atoms with van der Waals surface area (Å²) in [6.45, 7) is 7.43. The molecule has 24 heavy (non-hydrogen) atoms. The Morgan fingerprint density at radius 2 is 1.96 bits per heavy atom. The molecule has 2 fully saturated rings. The average molecular weight is 331 g/mol. The Morgan fingerprint density at radius 1 is 1.17 bits per heavy atom. The van der Waals surface area contributed by atoms with E-state index in [2.05, 4.69) is 28.9 Å². The lowest BCUT2D eigenvalue weighted by molar-refractivity contribution is 0.125. The van der Waals surface area contributed by atoms with Crippen LogP contribution in [0.15, 0.2) is 24.3 Å². The maximum atomic E-state index is 12.8. The molecule has 1 unspecified atom stereocenters. The lowest BCUT2D eigenvalue weighted by Crippen LogP contribution is -2.54. The largest absolute Gasteiger partial charge is 0.497 e. The van der Waals surface area contributed by atoms with E-state index in [0.717, 1.165) is 51.4 Å². The summed E-state index contributed by atoms with van der Waals surface area (Å²) in [5, 5.41) is 0. The molecule has 0 aromatic heterocycles. The Morgan fingerprint density at radius 3 is 2.67 bits per heavy atom. The van der Waals surface area contributed by atoms with Crippen LogP contribution >= 0.6 is 0 Å². The van der Waals surface area contributed by atoms with Crippen molar-refractivity contribution in [2.24, 2.45) is 5.92 Å². The summed E-state index contributed by atoms with van der Waals surface area (Å²) in [5.74, 6) is 1.56. The third-order valence-electron chi connectivity index (χ3n) is 5.34. The number of hydrogen-bond acceptors (Lipinski definition) is 3. The van der Waals surface area contributed by atoms with Crippen molar-refractivity contribution in [2.75, 3.05) is 51.3 Å². The molecule has 2 heterocycles. The minimum absolute atomic E-state index is 0.235. The number of benzene rings is 1. The molecule has 1 aromatic carbocycles. The maximum Gasteiger partial charge on any atom is 0.320 e. The molecule has 2 aliphatic heterocycles. The first-order valence-corrected chi connectivity index (χ1v) is 9.14. The van der Waals surface area contributed by atoms with E-state index in [1.165, 1.54) is 18.5 Å².